The van der Waals surface area contributed by atoms with E-state index in [0.717, 1.165) is 4.31 Å². The molecule has 10 heteroatoms. The number of carbonyl (C=O) groups excluding carboxylic acids is 2. The molecule has 0 aliphatic carbocycles. The molecule has 1 N–H and O–H groups in total. The van der Waals surface area contributed by atoms with Crippen molar-refractivity contribution in [2.45, 2.75) is 57.1 Å². The first-order chi connectivity index (χ1) is 18.6. The molecular weight excluding hydrogens is 585 g/mol. The molecular formula is C29H33BrFN3O4S. The lowest BCUT2D eigenvalue weighted by Gasteiger charge is -2.33. The summed E-state index contributed by atoms with van der Waals surface area (Å²) >= 11 is 3.38. The molecule has 0 aromatic heterocycles. The Morgan fingerprint density at radius 1 is 0.949 bits per heavy atom. The summed E-state index contributed by atoms with van der Waals surface area (Å²) in [6, 6.07) is 19.2. The van der Waals surface area contributed by atoms with Crippen LogP contribution in [0.4, 0.5) is 10.1 Å². The van der Waals surface area contributed by atoms with Gasteiger partial charge in [-0.15, -0.1) is 0 Å². The van der Waals surface area contributed by atoms with Crippen molar-refractivity contribution in [3.05, 3.63) is 94.7 Å². The number of hydrogen-bond acceptors (Lipinski definition) is 4. The third kappa shape index (κ3) is 7.89. The highest BCUT2D eigenvalue weighted by molar-refractivity contribution is 9.10. The van der Waals surface area contributed by atoms with Crippen LogP contribution in [-0.4, -0.2) is 43.8 Å². The largest absolute Gasteiger partial charge is 0.352 e. The third-order valence-electron chi connectivity index (χ3n) is 6.36. The monoisotopic (exact) mass is 617 g/mol. The molecule has 208 valence electrons. The molecule has 2 atom stereocenters. The van der Waals surface area contributed by atoms with E-state index >= 15 is 0 Å². The second-order valence-electron chi connectivity index (χ2n) is 9.19. The second-order valence-corrected chi connectivity index (χ2v) is 12.0. The number of amides is 2. The van der Waals surface area contributed by atoms with Gasteiger partial charge >= 0.3 is 0 Å². The van der Waals surface area contributed by atoms with Gasteiger partial charge in [-0.3, -0.25) is 13.9 Å². The van der Waals surface area contributed by atoms with Crippen molar-refractivity contribution in [1.82, 2.24) is 10.2 Å². The van der Waals surface area contributed by atoms with Crippen molar-refractivity contribution in [2.75, 3.05) is 10.8 Å². The Labute approximate surface area is 238 Å². The second kappa shape index (κ2) is 13.7. The van der Waals surface area contributed by atoms with Crippen LogP contribution in [0.1, 0.15) is 39.2 Å². The highest BCUT2D eigenvalue weighted by Crippen LogP contribution is 2.27. The number of halogens is 2. The fraction of sp³-hybridized carbons (Fsp3) is 0.310. The van der Waals surface area contributed by atoms with E-state index in [1.165, 1.54) is 29.2 Å². The minimum Gasteiger partial charge on any atom is -0.352 e. The average Bonchev–Trinajstić information content (AvgIpc) is 2.92. The Hall–Kier alpha value is -3.24. The number of sulfonamides is 1. The maximum Gasteiger partial charge on any atom is 0.264 e. The Morgan fingerprint density at radius 2 is 1.62 bits per heavy atom. The average molecular weight is 619 g/mol. The highest BCUT2D eigenvalue weighted by Gasteiger charge is 2.34. The molecule has 0 heterocycles. The van der Waals surface area contributed by atoms with Gasteiger partial charge < -0.3 is 10.2 Å². The number of nitrogens with zero attached hydrogens (tertiary/aromatic N) is 2. The molecule has 7 nitrogen and oxygen atoms in total. The van der Waals surface area contributed by atoms with Gasteiger partial charge in [0.05, 0.1) is 10.6 Å². The summed E-state index contributed by atoms with van der Waals surface area (Å²) in [5.74, 6) is -1.32. The normalized spacial score (nSPS) is 12.8. The van der Waals surface area contributed by atoms with Crippen LogP contribution in [0.25, 0.3) is 0 Å². The number of carbonyl (C=O) groups is 2. The fourth-order valence-corrected chi connectivity index (χ4v) is 5.84. The zero-order valence-electron chi connectivity index (χ0n) is 22.2. The minimum atomic E-state index is -4.14. The molecule has 0 saturated heterocycles. The van der Waals surface area contributed by atoms with Crippen LogP contribution >= 0.6 is 15.9 Å². The maximum atomic E-state index is 14.0. The van der Waals surface area contributed by atoms with Gasteiger partial charge in [-0.25, -0.2) is 12.8 Å². The lowest BCUT2D eigenvalue weighted by Crippen LogP contribution is -2.53. The molecule has 0 saturated carbocycles. The van der Waals surface area contributed by atoms with Gasteiger partial charge in [0.25, 0.3) is 10.0 Å². The van der Waals surface area contributed by atoms with Crippen LogP contribution in [0, 0.1) is 5.82 Å². The molecule has 0 aliphatic heterocycles. The van der Waals surface area contributed by atoms with E-state index in [2.05, 4.69) is 21.2 Å². The van der Waals surface area contributed by atoms with Crippen molar-refractivity contribution < 1.29 is 22.4 Å². The van der Waals surface area contributed by atoms with Gasteiger partial charge in [-0.05, 0) is 67.8 Å². The van der Waals surface area contributed by atoms with Crippen LogP contribution in [0.5, 0.6) is 0 Å². The summed E-state index contributed by atoms with van der Waals surface area (Å²) in [4.78, 5) is 28.6. The summed E-state index contributed by atoms with van der Waals surface area (Å²) in [5, 5.41) is 2.93. The lowest BCUT2D eigenvalue weighted by atomic mass is 10.1. The van der Waals surface area contributed by atoms with E-state index in [1.807, 2.05) is 13.8 Å². The van der Waals surface area contributed by atoms with Crippen molar-refractivity contribution >= 4 is 43.5 Å². The van der Waals surface area contributed by atoms with Gasteiger partial charge in [-0.1, -0.05) is 66.2 Å². The minimum absolute atomic E-state index is 0.00323. The quantitative estimate of drug-likeness (QED) is 0.290. The van der Waals surface area contributed by atoms with Crippen LogP contribution in [0.3, 0.4) is 0 Å². The van der Waals surface area contributed by atoms with Crippen LogP contribution in [-0.2, 0) is 26.2 Å². The summed E-state index contributed by atoms with van der Waals surface area (Å²) in [6.45, 7) is 5.07. The number of anilines is 1. The Kier molecular flexibility index (Phi) is 10.7. The molecule has 3 aromatic rings. The summed E-state index contributed by atoms with van der Waals surface area (Å²) in [5.41, 5.74) is 0.903. The van der Waals surface area contributed by atoms with Gasteiger partial charge in [0.15, 0.2) is 0 Å². The van der Waals surface area contributed by atoms with E-state index in [0.29, 0.717) is 28.6 Å². The van der Waals surface area contributed by atoms with Crippen molar-refractivity contribution in [2.24, 2.45) is 0 Å². The zero-order chi connectivity index (χ0) is 28.6. The number of nitrogens with one attached hydrogen (secondary N) is 1. The standard InChI is InChI=1S/C29H33BrFN3O4S/c1-4-21(3)32-29(36)27(5-2)33(19-22-14-16-24(31)17-15-22)28(35)20-34(25-11-9-10-23(30)18-25)39(37,38)26-12-7-6-8-13-26/h6-18,21,27H,4-5,19-20H2,1-3H3,(H,32,36)/t21-,27-/m1/s1. The van der Waals surface area contributed by atoms with Gasteiger partial charge in [0.1, 0.15) is 18.4 Å². The van der Waals surface area contributed by atoms with Gasteiger partial charge in [-0.2, -0.15) is 0 Å². The number of rotatable bonds is 12. The van der Waals surface area contributed by atoms with Crippen LogP contribution in [0.2, 0.25) is 0 Å². The summed E-state index contributed by atoms with van der Waals surface area (Å²) < 4.78 is 42.8. The van der Waals surface area contributed by atoms with E-state index in [-0.39, 0.29) is 23.4 Å². The van der Waals surface area contributed by atoms with E-state index in [9.17, 15) is 22.4 Å². The first kappa shape index (κ1) is 30.3. The zero-order valence-corrected chi connectivity index (χ0v) is 24.6. The Balaban J connectivity index is 2.04. The van der Waals surface area contributed by atoms with Crippen LogP contribution < -0.4 is 9.62 Å². The Morgan fingerprint density at radius 3 is 2.21 bits per heavy atom. The predicted octanol–water partition coefficient (Wildman–Crippen LogP) is 5.51. The molecule has 0 spiro atoms. The third-order valence-corrected chi connectivity index (χ3v) is 8.64. The maximum absolute atomic E-state index is 14.0. The van der Waals surface area contributed by atoms with Gasteiger partial charge in [0.2, 0.25) is 11.8 Å². The SMILES string of the molecule is CC[C@@H](C)NC(=O)[C@@H](CC)N(Cc1ccc(F)cc1)C(=O)CN(c1cccc(Br)c1)S(=O)(=O)c1ccccc1. The van der Waals surface area contributed by atoms with E-state index < -0.39 is 34.3 Å². The summed E-state index contributed by atoms with van der Waals surface area (Å²) in [6.07, 6.45) is 1.01. The predicted molar refractivity (Wildman–Crippen MR) is 154 cm³/mol. The number of benzene rings is 3. The first-order valence-electron chi connectivity index (χ1n) is 12.7. The number of hydrogen-bond donors (Lipinski definition) is 1. The molecule has 0 radical (unpaired) electrons. The molecule has 3 rings (SSSR count). The molecule has 39 heavy (non-hydrogen) atoms. The van der Waals surface area contributed by atoms with Crippen molar-refractivity contribution in [1.29, 1.82) is 0 Å². The molecule has 3 aromatic carbocycles. The molecule has 2 amide bonds. The van der Waals surface area contributed by atoms with Crippen LogP contribution in [0.15, 0.2) is 88.2 Å². The smallest absolute Gasteiger partial charge is 0.264 e. The lowest BCUT2D eigenvalue weighted by molar-refractivity contribution is -0.140. The summed E-state index contributed by atoms with van der Waals surface area (Å²) in [7, 11) is -4.14. The van der Waals surface area contributed by atoms with Gasteiger partial charge in [0, 0.05) is 17.1 Å². The molecule has 0 bridgehead atoms. The van der Waals surface area contributed by atoms with E-state index in [1.54, 1.807) is 61.5 Å². The first-order valence-corrected chi connectivity index (χ1v) is 15.0. The van der Waals surface area contributed by atoms with Crippen molar-refractivity contribution in [3.63, 3.8) is 0 Å². The van der Waals surface area contributed by atoms with Crippen molar-refractivity contribution in [3.8, 4) is 0 Å². The topological polar surface area (TPSA) is 86.8 Å². The molecule has 0 aliphatic rings. The fourth-order valence-electron chi connectivity index (χ4n) is 4.03. The molecule has 0 unspecified atom stereocenters. The molecule has 0 fully saturated rings. The highest BCUT2D eigenvalue weighted by atomic mass is 79.9. The Bertz CT molecular complexity index is 1370. The van der Waals surface area contributed by atoms with E-state index in [4.69, 9.17) is 0 Å².